The summed E-state index contributed by atoms with van der Waals surface area (Å²) in [6, 6.07) is 5.11. The van der Waals surface area contributed by atoms with Crippen molar-refractivity contribution in [2.75, 3.05) is 18.5 Å². The zero-order valence-corrected chi connectivity index (χ0v) is 11.8. The van der Waals surface area contributed by atoms with Crippen LogP contribution < -0.4 is 11.3 Å². The van der Waals surface area contributed by atoms with Gasteiger partial charge in [-0.05, 0) is 31.4 Å². The SMILES string of the molecule is NNc1cccc(CN2CC(=O)N3CCCCC3C2=O)n1. The van der Waals surface area contributed by atoms with Crippen molar-refractivity contribution in [2.24, 2.45) is 5.84 Å². The molecular formula is C14H19N5O2. The third-order valence-corrected chi connectivity index (χ3v) is 4.05. The van der Waals surface area contributed by atoms with E-state index in [0.717, 1.165) is 25.0 Å². The molecule has 3 N–H and O–H groups in total. The average molecular weight is 289 g/mol. The van der Waals surface area contributed by atoms with Crippen LogP contribution in [0.5, 0.6) is 0 Å². The number of nitrogens with one attached hydrogen (secondary N) is 1. The van der Waals surface area contributed by atoms with Gasteiger partial charge in [0.25, 0.3) is 0 Å². The molecule has 0 aliphatic carbocycles. The molecule has 1 aromatic rings. The lowest BCUT2D eigenvalue weighted by molar-refractivity contribution is -0.158. The Bertz CT molecular complexity index is 562. The smallest absolute Gasteiger partial charge is 0.246 e. The molecule has 3 rings (SSSR count). The van der Waals surface area contributed by atoms with Crippen LogP contribution in [0.15, 0.2) is 18.2 Å². The summed E-state index contributed by atoms with van der Waals surface area (Å²) in [7, 11) is 0. The first-order valence-corrected chi connectivity index (χ1v) is 7.20. The van der Waals surface area contributed by atoms with Crippen molar-refractivity contribution in [1.29, 1.82) is 0 Å². The Morgan fingerprint density at radius 3 is 3.00 bits per heavy atom. The van der Waals surface area contributed by atoms with E-state index in [2.05, 4.69) is 10.4 Å². The van der Waals surface area contributed by atoms with Crippen LogP contribution in [0.4, 0.5) is 5.82 Å². The van der Waals surface area contributed by atoms with Gasteiger partial charge in [0.05, 0.1) is 12.2 Å². The molecule has 112 valence electrons. The molecule has 0 radical (unpaired) electrons. The standard InChI is InChI=1S/C14H19N5O2/c15-17-12-6-3-4-10(16-12)8-18-9-13(20)19-7-2-1-5-11(19)14(18)21/h3-4,6,11H,1-2,5,7-9,15H2,(H,16,17). The molecule has 2 saturated heterocycles. The van der Waals surface area contributed by atoms with E-state index < -0.39 is 0 Å². The molecule has 7 heteroatoms. The first kappa shape index (κ1) is 13.8. The van der Waals surface area contributed by atoms with Crippen molar-refractivity contribution in [3.63, 3.8) is 0 Å². The molecule has 0 bridgehead atoms. The molecule has 1 aromatic heterocycles. The van der Waals surface area contributed by atoms with E-state index in [1.165, 1.54) is 0 Å². The molecular weight excluding hydrogens is 270 g/mol. The number of fused-ring (bicyclic) bond motifs is 1. The number of carbonyl (C=O) groups is 2. The van der Waals surface area contributed by atoms with E-state index in [0.29, 0.717) is 18.9 Å². The van der Waals surface area contributed by atoms with Crippen LogP contribution in [0.3, 0.4) is 0 Å². The highest BCUT2D eigenvalue weighted by molar-refractivity contribution is 5.95. The summed E-state index contributed by atoms with van der Waals surface area (Å²) < 4.78 is 0. The quantitative estimate of drug-likeness (QED) is 0.608. The molecule has 2 aliphatic rings. The molecule has 2 fully saturated rings. The Kier molecular flexibility index (Phi) is 3.74. The number of hydrazine groups is 1. The number of rotatable bonds is 3. The molecule has 1 atom stereocenters. The van der Waals surface area contributed by atoms with Gasteiger partial charge in [-0.15, -0.1) is 0 Å². The summed E-state index contributed by atoms with van der Waals surface area (Å²) in [5.74, 6) is 5.94. The predicted molar refractivity (Wildman–Crippen MR) is 76.8 cm³/mol. The summed E-state index contributed by atoms with van der Waals surface area (Å²) in [6.07, 6.45) is 2.75. The Hall–Kier alpha value is -2.15. The summed E-state index contributed by atoms with van der Waals surface area (Å²) >= 11 is 0. The number of nitrogens with zero attached hydrogens (tertiary/aromatic N) is 3. The highest BCUT2D eigenvalue weighted by Gasteiger charge is 2.40. The van der Waals surface area contributed by atoms with Gasteiger partial charge in [-0.25, -0.2) is 10.8 Å². The fourth-order valence-corrected chi connectivity index (χ4v) is 3.01. The third kappa shape index (κ3) is 2.69. The van der Waals surface area contributed by atoms with Gasteiger partial charge >= 0.3 is 0 Å². The van der Waals surface area contributed by atoms with Crippen molar-refractivity contribution in [3.8, 4) is 0 Å². The van der Waals surface area contributed by atoms with Gasteiger partial charge in [-0.3, -0.25) is 9.59 Å². The van der Waals surface area contributed by atoms with Crippen LogP contribution >= 0.6 is 0 Å². The number of nitrogens with two attached hydrogens (primary N) is 1. The van der Waals surface area contributed by atoms with Crippen LogP contribution in [0.25, 0.3) is 0 Å². The zero-order valence-electron chi connectivity index (χ0n) is 11.8. The summed E-state index contributed by atoms with van der Waals surface area (Å²) in [6.45, 7) is 1.18. The van der Waals surface area contributed by atoms with Gasteiger partial charge < -0.3 is 15.2 Å². The Balaban J connectivity index is 1.76. The van der Waals surface area contributed by atoms with E-state index in [1.54, 1.807) is 15.9 Å². The fourth-order valence-electron chi connectivity index (χ4n) is 3.01. The third-order valence-electron chi connectivity index (χ3n) is 4.05. The molecule has 21 heavy (non-hydrogen) atoms. The minimum Gasteiger partial charge on any atom is -0.329 e. The lowest BCUT2D eigenvalue weighted by atomic mass is 9.98. The van der Waals surface area contributed by atoms with Crippen molar-refractivity contribution >= 4 is 17.6 Å². The number of nitrogen functional groups attached to an aromatic ring is 1. The number of piperazine rings is 1. The lowest BCUT2D eigenvalue weighted by Gasteiger charge is -2.42. The van der Waals surface area contributed by atoms with E-state index in [-0.39, 0.29) is 24.4 Å². The van der Waals surface area contributed by atoms with Crippen LogP contribution in [0, 0.1) is 0 Å². The second kappa shape index (κ2) is 5.69. The number of hydrogen-bond acceptors (Lipinski definition) is 5. The predicted octanol–water partition coefficient (Wildman–Crippen LogP) is 0.0905. The van der Waals surface area contributed by atoms with Gasteiger partial charge in [0.1, 0.15) is 18.4 Å². The maximum atomic E-state index is 12.5. The Morgan fingerprint density at radius 2 is 2.19 bits per heavy atom. The fraction of sp³-hybridized carbons (Fsp3) is 0.500. The number of amides is 2. The van der Waals surface area contributed by atoms with Crippen molar-refractivity contribution in [1.82, 2.24) is 14.8 Å². The summed E-state index contributed by atoms with van der Waals surface area (Å²) in [4.78, 5) is 32.3. The molecule has 0 saturated carbocycles. The molecule has 3 heterocycles. The number of anilines is 1. The number of carbonyl (C=O) groups excluding carboxylic acids is 2. The van der Waals surface area contributed by atoms with E-state index in [4.69, 9.17) is 5.84 Å². The minimum atomic E-state index is -0.282. The highest BCUT2D eigenvalue weighted by atomic mass is 16.2. The first-order chi connectivity index (χ1) is 10.2. The maximum Gasteiger partial charge on any atom is 0.246 e. The van der Waals surface area contributed by atoms with Crippen molar-refractivity contribution in [3.05, 3.63) is 23.9 Å². The van der Waals surface area contributed by atoms with Crippen LogP contribution in [0.2, 0.25) is 0 Å². The monoisotopic (exact) mass is 289 g/mol. The topological polar surface area (TPSA) is 91.6 Å². The van der Waals surface area contributed by atoms with Gasteiger partial charge in [0, 0.05) is 6.54 Å². The first-order valence-electron chi connectivity index (χ1n) is 7.20. The van der Waals surface area contributed by atoms with Gasteiger partial charge in [0.2, 0.25) is 11.8 Å². The lowest BCUT2D eigenvalue weighted by Crippen LogP contribution is -2.60. The molecule has 0 aromatic carbocycles. The van der Waals surface area contributed by atoms with E-state index >= 15 is 0 Å². The largest absolute Gasteiger partial charge is 0.329 e. The van der Waals surface area contributed by atoms with E-state index in [1.807, 2.05) is 12.1 Å². The Labute approximate surface area is 123 Å². The van der Waals surface area contributed by atoms with Crippen LogP contribution in [-0.2, 0) is 16.1 Å². The number of aromatic nitrogens is 1. The molecule has 7 nitrogen and oxygen atoms in total. The number of piperidine rings is 1. The molecule has 2 aliphatic heterocycles. The summed E-state index contributed by atoms with van der Waals surface area (Å²) in [5.41, 5.74) is 3.20. The maximum absolute atomic E-state index is 12.5. The highest BCUT2D eigenvalue weighted by Crippen LogP contribution is 2.24. The number of pyridine rings is 1. The molecule has 0 spiro atoms. The minimum absolute atomic E-state index is 0.0298. The van der Waals surface area contributed by atoms with Gasteiger partial charge in [0.15, 0.2) is 0 Å². The van der Waals surface area contributed by atoms with E-state index in [9.17, 15) is 9.59 Å². The van der Waals surface area contributed by atoms with Crippen LogP contribution in [-0.4, -0.2) is 45.7 Å². The number of hydrogen-bond donors (Lipinski definition) is 2. The van der Waals surface area contributed by atoms with Crippen molar-refractivity contribution in [2.45, 2.75) is 31.8 Å². The van der Waals surface area contributed by atoms with Crippen LogP contribution in [0.1, 0.15) is 25.0 Å². The average Bonchev–Trinajstić information content (AvgIpc) is 2.52. The Morgan fingerprint density at radius 1 is 1.33 bits per heavy atom. The van der Waals surface area contributed by atoms with Gasteiger partial charge in [-0.1, -0.05) is 6.07 Å². The second-order valence-electron chi connectivity index (χ2n) is 5.45. The zero-order chi connectivity index (χ0) is 14.8. The summed E-state index contributed by atoms with van der Waals surface area (Å²) in [5, 5.41) is 0. The second-order valence-corrected chi connectivity index (χ2v) is 5.45. The van der Waals surface area contributed by atoms with Gasteiger partial charge in [-0.2, -0.15) is 0 Å². The van der Waals surface area contributed by atoms with Crippen molar-refractivity contribution < 1.29 is 9.59 Å². The molecule has 1 unspecified atom stereocenters. The molecule has 2 amide bonds. The normalized spacial score (nSPS) is 22.2.